The molecule has 1 nitrogen and oxygen atoms in total. The van der Waals surface area contributed by atoms with Crippen LogP contribution in [0.1, 0.15) is 30.4 Å². The third kappa shape index (κ3) is 1.78. The van der Waals surface area contributed by atoms with Gasteiger partial charge in [-0.05, 0) is 37.3 Å². The van der Waals surface area contributed by atoms with Crippen LogP contribution >= 0.6 is 0 Å². The van der Waals surface area contributed by atoms with Crippen molar-refractivity contribution in [3.8, 4) is 0 Å². The topological polar surface area (TPSA) is 12.0 Å². The van der Waals surface area contributed by atoms with Crippen molar-refractivity contribution >= 4 is 5.57 Å². The second kappa shape index (κ2) is 3.91. The molecule has 2 bridgehead atoms. The Bertz CT molecular complexity index is 493. The highest BCUT2D eigenvalue weighted by Gasteiger charge is 2.29. The molecule has 2 unspecified atom stereocenters. The van der Waals surface area contributed by atoms with E-state index in [9.17, 15) is 8.78 Å². The largest absolute Gasteiger partial charge is 0.307 e. The number of aryl methyl sites for hydroxylation is 1. The van der Waals surface area contributed by atoms with Gasteiger partial charge >= 0.3 is 0 Å². The van der Waals surface area contributed by atoms with Crippen molar-refractivity contribution in [3.63, 3.8) is 0 Å². The monoisotopic (exact) mass is 235 g/mol. The Balaban J connectivity index is 2.03. The molecule has 0 saturated carbocycles. The van der Waals surface area contributed by atoms with Gasteiger partial charge in [-0.2, -0.15) is 0 Å². The van der Waals surface area contributed by atoms with Crippen LogP contribution in [0.2, 0.25) is 0 Å². The summed E-state index contributed by atoms with van der Waals surface area (Å²) in [7, 11) is 0. The summed E-state index contributed by atoms with van der Waals surface area (Å²) < 4.78 is 27.4. The molecule has 1 N–H and O–H groups in total. The van der Waals surface area contributed by atoms with Crippen LogP contribution in [0.4, 0.5) is 8.78 Å². The molecular weight excluding hydrogens is 220 g/mol. The Labute approximate surface area is 99.5 Å². The molecule has 0 radical (unpaired) electrons. The zero-order valence-corrected chi connectivity index (χ0v) is 9.76. The van der Waals surface area contributed by atoms with Gasteiger partial charge in [-0.1, -0.05) is 18.2 Å². The minimum atomic E-state index is -0.714. The molecule has 1 fully saturated rings. The molecule has 3 heteroatoms. The van der Waals surface area contributed by atoms with Crippen LogP contribution in [0.3, 0.4) is 0 Å². The van der Waals surface area contributed by atoms with Crippen molar-refractivity contribution in [2.75, 3.05) is 0 Å². The van der Waals surface area contributed by atoms with Crippen molar-refractivity contribution in [1.82, 2.24) is 5.32 Å². The van der Waals surface area contributed by atoms with Gasteiger partial charge in [0.05, 0.1) is 0 Å². The first-order valence-electron chi connectivity index (χ1n) is 6.07. The average molecular weight is 235 g/mol. The van der Waals surface area contributed by atoms with Crippen LogP contribution in [0.5, 0.6) is 0 Å². The van der Waals surface area contributed by atoms with Gasteiger partial charge in [0, 0.05) is 17.6 Å². The maximum Gasteiger partial charge on any atom is 0.166 e. The Morgan fingerprint density at radius 2 is 2.00 bits per heavy atom. The first kappa shape index (κ1) is 10.9. The molecule has 1 aromatic carbocycles. The first-order valence-corrected chi connectivity index (χ1v) is 6.07. The maximum atomic E-state index is 13.9. The number of benzene rings is 1. The number of fused-ring (bicyclic) bond motifs is 2. The number of nitrogens with one attached hydrogen (secondary N) is 1. The summed E-state index contributed by atoms with van der Waals surface area (Å²) in [6, 6.07) is 4.12. The summed E-state index contributed by atoms with van der Waals surface area (Å²) in [5.74, 6) is -1.41. The maximum absolute atomic E-state index is 13.9. The third-order valence-corrected chi connectivity index (χ3v) is 3.77. The van der Waals surface area contributed by atoms with Crippen LogP contribution in [0.15, 0.2) is 18.2 Å². The summed E-state index contributed by atoms with van der Waals surface area (Å²) >= 11 is 0. The Morgan fingerprint density at radius 1 is 1.18 bits per heavy atom. The molecule has 2 atom stereocenters. The molecule has 2 aliphatic rings. The van der Waals surface area contributed by atoms with Gasteiger partial charge in [-0.25, -0.2) is 8.78 Å². The lowest BCUT2D eigenvalue weighted by Gasteiger charge is -2.22. The Kier molecular flexibility index (Phi) is 2.51. The van der Waals surface area contributed by atoms with E-state index >= 15 is 0 Å². The van der Waals surface area contributed by atoms with Crippen molar-refractivity contribution < 1.29 is 8.78 Å². The third-order valence-electron chi connectivity index (χ3n) is 3.77. The Hall–Kier alpha value is -1.22. The SMILES string of the molecule is Cc1ccc(C2=CC3CCC(C2)N3)c(F)c1F. The second-order valence-electron chi connectivity index (χ2n) is 5.00. The van der Waals surface area contributed by atoms with Gasteiger partial charge in [0.2, 0.25) is 0 Å². The van der Waals surface area contributed by atoms with Crippen molar-refractivity contribution in [2.45, 2.75) is 38.3 Å². The summed E-state index contributed by atoms with van der Waals surface area (Å²) in [4.78, 5) is 0. The van der Waals surface area contributed by atoms with Gasteiger partial charge in [0.1, 0.15) is 0 Å². The van der Waals surface area contributed by atoms with Gasteiger partial charge in [-0.15, -0.1) is 0 Å². The van der Waals surface area contributed by atoms with Crippen molar-refractivity contribution in [3.05, 3.63) is 41.0 Å². The van der Waals surface area contributed by atoms with Crippen LogP contribution in [0, 0.1) is 18.6 Å². The lowest BCUT2D eigenvalue weighted by molar-refractivity contribution is 0.498. The number of rotatable bonds is 1. The molecule has 0 aliphatic carbocycles. The van der Waals surface area contributed by atoms with Gasteiger partial charge < -0.3 is 5.32 Å². The minimum absolute atomic E-state index is 0.340. The lowest BCUT2D eigenvalue weighted by Crippen LogP contribution is -2.32. The number of hydrogen-bond donors (Lipinski definition) is 1. The normalized spacial score (nSPS) is 27.1. The predicted molar refractivity (Wildman–Crippen MR) is 63.6 cm³/mol. The standard InChI is InChI=1S/C14H15F2N/c1-8-2-5-12(14(16)13(8)15)9-6-10-3-4-11(7-9)17-10/h2,5-6,10-11,17H,3-4,7H2,1H3. The van der Waals surface area contributed by atoms with E-state index in [0.717, 1.165) is 24.8 Å². The second-order valence-corrected chi connectivity index (χ2v) is 5.00. The summed E-state index contributed by atoms with van der Waals surface area (Å²) in [6.45, 7) is 1.59. The van der Waals surface area contributed by atoms with Gasteiger partial charge in [0.15, 0.2) is 11.6 Å². The quantitative estimate of drug-likeness (QED) is 0.788. The predicted octanol–water partition coefficient (Wildman–Crippen LogP) is 3.18. The highest BCUT2D eigenvalue weighted by molar-refractivity contribution is 5.68. The molecule has 1 aromatic rings. The van der Waals surface area contributed by atoms with Crippen LogP contribution < -0.4 is 5.32 Å². The highest BCUT2D eigenvalue weighted by Crippen LogP contribution is 2.33. The molecule has 2 heterocycles. The summed E-state index contributed by atoms with van der Waals surface area (Å²) in [5.41, 5.74) is 1.75. The fourth-order valence-electron chi connectivity index (χ4n) is 2.81. The van der Waals surface area contributed by atoms with E-state index in [-0.39, 0.29) is 0 Å². The zero-order valence-electron chi connectivity index (χ0n) is 9.76. The molecule has 0 aromatic heterocycles. The lowest BCUT2D eigenvalue weighted by atomic mass is 9.95. The molecule has 2 aliphatic heterocycles. The van der Waals surface area contributed by atoms with E-state index in [1.165, 1.54) is 0 Å². The van der Waals surface area contributed by atoms with E-state index in [1.807, 2.05) is 0 Å². The number of hydrogen-bond acceptors (Lipinski definition) is 1. The first-order chi connectivity index (χ1) is 8.15. The molecular formula is C14H15F2N. The minimum Gasteiger partial charge on any atom is -0.307 e. The number of halogens is 2. The van der Waals surface area contributed by atoms with Crippen molar-refractivity contribution in [2.24, 2.45) is 0 Å². The molecule has 90 valence electrons. The van der Waals surface area contributed by atoms with E-state index in [0.29, 0.717) is 23.2 Å². The highest BCUT2D eigenvalue weighted by atomic mass is 19.2. The van der Waals surface area contributed by atoms with Crippen molar-refractivity contribution in [1.29, 1.82) is 0 Å². The summed E-state index contributed by atoms with van der Waals surface area (Å²) in [6.07, 6.45) is 5.08. The Morgan fingerprint density at radius 3 is 2.76 bits per heavy atom. The fraction of sp³-hybridized carbons (Fsp3) is 0.429. The van der Waals surface area contributed by atoms with E-state index < -0.39 is 11.6 Å². The zero-order chi connectivity index (χ0) is 12.0. The van der Waals surface area contributed by atoms with Crippen LogP contribution in [0.25, 0.3) is 5.57 Å². The average Bonchev–Trinajstić information content (AvgIpc) is 2.65. The van der Waals surface area contributed by atoms with E-state index in [2.05, 4.69) is 11.4 Å². The smallest absolute Gasteiger partial charge is 0.166 e. The van der Waals surface area contributed by atoms with Crippen LogP contribution in [-0.4, -0.2) is 12.1 Å². The van der Waals surface area contributed by atoms with Crippen LogP contribution in [-0.2, 0) is 0 Å². The van der Waals surface area contributed by atoms with Gasteiger partial charge in [-0.3, -0.25) is 0 Å². The van der Waals surface area contributed by atoms with E-state index in [1.54, 1.807) is 19.1 Å². The molecule has 3 rings (SSSR count). The van der Waals surface area contributed by atoms with Gasteiger partial charge in [0.25, 0.3) is 0 Å². The summed E-state index contributed by atoms with van der Waals surface area (Å²) in [5, 5.41) is 3.44. The fourth-order valence-corrected chi connectivity index (χ4v) is 2.81. The molecule has 0 spiro atoms. The molecule has 0 amide bonds. The van der Waals surface area contributed by atoms with E-state index in [4.69, 9.17) is 0 Å². The molecule has 17 heavy (non-hydrogen) atoms. The molecule has 1 saturated heterocycles.